The van der Waals surface area contributed by atoms with Crippen molar-refractivity contribution in [2.24, 2.45) is 0 Å². The van der Waals surface area contributed by atoms with Gasteiger partial charge in [0, 0.05) is 6.61 Å². The van der Waals surface area contributed by atoms with Crippen LogP contribution in [0, 0.1) is 11.3 Å². The maximum atomic E-state index is 9.06. The van der Waals surface area contributed by atoms with Crippen molar-refractivity contribution in [2.75, 3.05) is 11.9 Å². The summed E-state index contributed by atoms with van der Waals surface area (Å²) >= 11 is 6.91. The molecular weight excluding hydrogens is 274 g/mol. The monoisotopic (exact) mass is 283 g/mol. The fourth-order valence-electron chi connectivity index (χ4n) is 1.53. The molecule has 7 heteroatoms. The van der Waals surface area contributed by atoms with E-state index in [1.807, 2.05) is 12.1 Å². The molecule has 18 heavy (non-hydrogen) atoms. The molecule has 1 atom stereocenters. The molecule has 0 aliphatic rings. The molecule has 2 aromatic heterocycles. The van der Waals surface area contributed by atoms with Crippen molar-refractivity contribution in [2.45, 2.75) is 12.5 Å². The quantitative estimate of drug-likeness (QED) is 0.882. The highest BCUT2D eigenvalue weighted by atomic mass is 35.5. The van der Waals surface area contributed by atoms with Crippen molar-refractivity contribution in [1.29, 1.82) is 5.26 Å². The highest BCUT2D eigenvalue weighted by Gasteiger charge is 2.18. The first-order chi connectivity index (χ1) is 8.76. The summed E-state index contributed by atoms with van der Waals surface area (Å²) in [5, 5.41) is 21.9. The molecule has 2 heterocycles. The van der Waals surface area contributed by atoms with Crippen LogP contribution in [0.4, 0.5) is 5.00 Å². The van der Waals surface area contributed by atoms with Crippen LogP contribution < -0.4 is 5.32 Å². The number of rotatable bonds is 5. The molecule has 1 unspecified atom stereocenters. The second-order valence-electron chi connectivity index (χ2n) is 3.51. The summed E-state index contributed by atoms with van der Waals surface area (Å²) in [5.74, 6) is 0.692. The van der Waals surface area contributed by atoms with Crippen molar-refractivity contribution in [3.8, 4) is 6.07 Å². The third kappa shape index (κ3) is 2.64. The number of nitrogens with zero attached hydrogens (tertiary/aromatic N) is 2. The molecule has 0 aliphatic carbocycles. The van der Waals surface area contributed by atoms with E-state index in [0.717, 1.165) is 11.5 Å². The number of anilines is 1. The Labute approximate surface area is 113 Å². The van der Waals surface area contributed by atoms with Crippen LogP contribution in [0.3, 0.4) is 0 Å². The molecule has 2 rings (SSSR count). The Morgan fingerprint density at radius 2 is 2.50 bits per heavy atom. The third-order valence-electron chi connectivity index (χ3n) is 2.37. The normalized spacial score (nSPS) is 12.1. The molecule has 94 valence electrons. The number of aromatic nitrogens is 1. The number of hydrogen-bond donors (Lipinski definition) is 2. The standard InChI is InChI=1S/C11H10ClN3O2S/c12-10-7(6-13)11(18-15-10)14-8(3-4-16)9-2-1-5-17-9/h1-2,5,8,14,16H,3-4H2. The minimum absolute atomic E-state index is 0.00674. The summed E-state index contributed by atoms with van der Waals surface area (Å²) in [4.78, 5) is 0. The predicted octanol–water partition coefficient (Wildman–Crippen LogP) is 2.80. The number of furan rings is 1. The zero-order valence-electron chi connectivity index (χ0n) is 9.26. The summed E-state index contributed by atoms with van der Waals surface area (Å²) in [6, 6.07) is 5.36. The van der Waals surface area contributed by atoms with E-state index in [9.17, 15) is 0 Å². The Morgan fingerprint density at radius 1 is 1.67 bits per heavy atom. The maximum absolute atomic E-state index is 9.06. The molecule has 0 saturated carbocycles. The summed E-state index contributed by atoms with van der Waals surface area (Å²) in [5.41, 5.74) is 0.316. The van der Waals surface area contributed by atoms with Gasteiger partial charge in [-0.3, -0.25) is 0 Å². The fraction of sp³-hybridized carbons (Fsp3) is 0.273. The van der Waals surface area contributed by atoms with Gasteiger partial charge >= 0.3 is 0 Å². The molecule has 0 amide bonds. The predicted molar refractivity (Wildman–Crippen MR) is 68.6 cm³/mol. The number of halogens is 1. The molecule has 2 N–H and O–H groups in total. The molecule has 0 aliphatic heterocycles. The van der Waals surface area contributed by atoms with Gasteiger partial charge in [0.25, 0.3) is 0 Å². The lowest BCUT2D eigenvalue weighted by molar-refractivity contribution is 0.273. The third-order valence-corrected chi connectivity index (χ3v) is 3.52. The molecule has 0 radical (unpaired) electrons. The molecule has 0 bridgehead atoms. The van der Waals surface area contributed by atoms with E-state index < -0.39 is 0 Å². The van der Waals surface area contributed by atoms with E-state index in [1.165, 1.54) is 0 Å². The largest absolute Gasteiger partial charge is 0.467 e. The lowest BCUT2D eigenvalue weighted by atomic mass is 10.1. The zero-order chi connectivity index (χ0) is 13.0. The first-order valence-electron chi connectivity index (χ1n) is 5.22. The van der Waals surface area contributed by atoms with E-state index in [-0.39, 0.29) is 17.8 Å². The number of aliphatic hydroxyl groups is 1. The molecule has 0 aromatic carbocycles. The highest BCUT2D eigenvalue weighted by molar-refractivity contribution is 7.10. The fourth-order valence-corrected chi connectivity index (χ4v) is 2.52. The average Bonchev–Trinajstić information content (AvgIpc) is 2.98. The number of nitriles is 1. The van der Waals surface area contributed by atoms with Crippen LogP contribution in [0.15, 0.2) is 22.8 Å². The van der Waals surface area contributed by atoms with Gasteiger partial charge in [-0.05, 0) is 30.1 Å². The van der Waals surface area contributed by atoms with E-state index in [2.05, 4.69) is 9.69 Å². The van der Waals surface area contributed by atoms with Crippen LogP contribution in [0.5, 0.6) is 0 Å². The summed E-state index contributed by atoms with van der Waals surface area (Å²) in [7, 11) is 0. The minimum atomic E-state index is -0.214. The zero-order valence-corrected chi connectivity index (χ0v) is 10.8. The first-order valence-corrected chi connectivity index (χ1v) is 6.37. The van der Waals surface area contributed by atoms with Crippen LogP contribution in [0.25, 0.3) is 0 Å². The van der Waals surface area contributed by atoms with E-state index in [1.54, 1.807) is 12.3 Å². The molecule has 0 fully saturated rings. The van der Waals surface area contributed by atoms with Gasteiger partial charge in [-0.2, -0.15) is 9.64 Å². The molecule has 5 nitrogen and oxygen atoms in total. The maximum Gasteiger partial charge on any atom is 0.162 e. The summed E-state index contributed by atoms with van der Waals surface area (Å²) in [6.07, 6.45) is 2.03. The molecule has 2 aromatic rings. The van der Waals surface area contributed by atoms with E-state index in [0.29, 0.717) is 22.7 Å². The number of hydrogen-bond acceptors (Lipinski definition) is 6. The van der Waals surface area contributed by atoms with Gasteiger partial charge in [0.15, 0.2) is 5.15 Å². The Kier molecular flexibility index (Phi) is 4.20. The van der Waals surface area contributed by atoms with Crippen molar-refractivity contribution >= 4 is 28.1 Å². The Hall–Kier alpha value is -1.55. The summed E-state index contributed by atoms with van der Waals surface area (Å²) in [6.45, 7) is 0.00674. The van der Waals surface area contributed by atoms with Crippen LogP contribution in [-0.2, 0) is 0 Å². The van der Waals surface area contributed by atoms with Crippen molar-refractivity contribution in [1.82, 2.24) is 4.37 Å². The van der Waals surface area contributed by atoms with Crippen molar-refractivity contribution in [3.63, 3.8) is 0 Å². The first kappa shape index (κ1) is 12.9. The molecular formula is C11H10ClN3O2S. The van der Waals surface area contributed by atoms with Crippen molar-refractivity contribution in [3.05, 3.63) is 34.9 Å². The van der Waals surface area contributed by atoms with Gasteiger partial charge in [-0.1, -0.05) is 11.6 Å². The van der Waals surface area contributed by atoms with Gasteiger partial charge < -0.3 is 14.8 Å². The van der Waals surface area contributed by atoms with Gasteiger partial charge in [0.2, 0.25) is 0 Å². The smallest absolute Gasteiger partial charge is 0.162 e. The van der Waals surface area contributed by atoms with Crippen LogP contribution in [-0.4, -0.2) is 16.1 Å². The Balaban J connectivity index is 2.22. The van der Waals surface area contributed by atoms with Gasteiger partial charge in [0.05, 0.1) is 12.3 Å². The highest BCUT2D eigenvalue weighted by Crippen LogP contribution is 2.31. The summed E-state index contributed by atoms with van der Waals surface area (Å²) < 4.78 is 9.21. The van der Waals surface area contributed by atoms with Gasteiger partial charge in [0.1, 0.15) is 22.4 Å². The average molecular weight is 284 g/mol. The lowest BCUT2D eigenvalue weighted by Crippen LogP contribution is -2.11. The van der Waals surface area contributed by atoms with Crippen LogP contribution in [0.1, 0.15) is 23.8 Å². The lowest BCUT2D eigenvalue weighted by Gasteiger charge is -2.15. The second-order valence-corrected chi connectivity index (χ2v) is 4.65. The molecule has 0 saturated heterocycles. The van der Waals surface area contributed by atoms with Crippen molar-refractivity contribution < 1.29 is 9.52 Å². The molecule has 0 spiro atoms. The Bertz CT molecular complexity index is 547. The SMILES string of the molecule is N#Cc1c(Cl)nsc1NC(CCO)c1ccco1. The van der Waals surface area contributed by atoms with E-state index >= 15 is 0 Å². The topological polar surface area (TPSA) is 82.1 Å². The van der Waals surface area contributed by atoms with Gasteiger partial charge in [-0.25, -0.2) is 0 Å². The van der Waals surface area contributed by atoms with Crippen LogP contribution >= 0.6 is 23.1 Å². The minimum Gasteiger partial charge on any atom is -0.467 e. The van der Waals surface area contributed by atoms with Gasteiger partial charge in [-0.15, -0.1) is 0 Å². The van der Waals surface area contributed by atoms with E-state index in [4.69, 9.17) is 26.4 Å². The number of nitrogens with one attached hydrogen (secondary N) is 1. The Morgan fingerprint density at radius 3 is 3.11 bits per heavy atom. The van der Waals surface area contributed by atoms with Crippen LogP contribution in [0.2, 0.25) is 5.15 Å². The second kappa shape index (κ2) is 5.87. The number of aliphatic hydroxyl groups excluding tert-OH is 1.